The van der Waals surface area contributed by atoms with Gasteiger partial charge in [0.15, 0.2) is 5.78 Å². The predicted molar refractivity (Wildman–Crippen MR) is 145 cm³/mol. The van der Waals surface area contributed by atoms with Crippen molar-refractivity contribution in [2.45, 2.75) is 66.7 Å². The van der Waals surface area contributed by atoms with E-state index in [0.717, 1.165) is 45.5 Å². The molecule has 0 saturated heterocycles. The van der Waals surface area contributed by atoms with Crippen molar-refractivity contribution in [2.24, 2.45) is 0 Å². The van der Waals surface area contributed by atoms with E-state index in [1.54, 1.807) is 25.3 Å². The van der Waals surface area contributed by atoms with Crippen LogP contribution < -0.4 is 9.47 Å². The second kappa shape index (κ2) is 29.5. The number of carbonyl (C=O) groups is 1. The van der Waals surface area contributed by atoms with Gasteiger partial charge in [0, 0.05) is 51.6 Å². The summed E-state index contributed by atoms with van der Waals surface area (Å²) in [6, 6.07) is 5.29. The molecule has 0 unspecified atom stereocenters. The van der Waals surface area contributed by atoms with Crippen LogP contribution in [0.4, 0.5) is 0 Å². The molecular formula is C28H52O8. The second-order valence-corrected chi connectivity index (χ2v) is 7.72. The molecule has 1 rings (SSSR count). The highest BCUT2D eigenvalue weighted by Crippen LogP contribution is 2.24. The molecule has 8 nitrogen and oxygen atoms in total. The number of aliphatic hydroxyl groups excluding tert-OH is 1. The van der Waals surface area contributed by atoms with E-state index >= 15 is 0 Å². The number of rotatable bonds is 20. The van der Waals surface area contributed by atoms with Gasteiger partial charge in [0.25, 0.3) is 0 Å². The molecule has 1 aromatic rings. The first-order chi connectivity index (χ1) is 17.5. The van der Waals surface area contributed by atoms with E-state index in [4.69, 9.17) is 33.5 Å². The lowest BCUT2D eigenvalue weighted by Crippen LogP contribution is -2.12. The number of ketones is 1. The standard InChI is InChI=1S/C21H34O6.C4H10O.C3H8O/c1-4-7-23-9-10-25-12-14-27-20-16-18(21(22)6-3)15-19(17-20)26-13-11-24-8-5-2;1-3-4-5-2;1-2-3-4/h15-17H,4-14H2,1-3H3;3-4H2,1-2H3;4H,2-3H2,1H3. The first kappa shape index (κ1) is 36.4. The molecule has 1 N–H and O–H groups in total. The van der Waals surface area contributed by atoms with Crippen LogP contribution in [0.25, 0.3) is 0 Å². The number of hydrogen-bond donors (Lipinski definition) is 1. The van der Waals surface area contributed by atoms with Crippen molar-refractivity contribution in [3.63, 3.8) is 0 Å². The Bertz CT molecular complexity index is 591. The van der Waals surface area contributed by atoms with E-state index in [9.17, 15) is 4.79 Å². The van der Waals surface area contributed by atoms with Gasteiger partial charge in [-0.25, -0.2) is 0 Å². The minimum absolute atomic E-state index is 0.0526. The summed E-state index contributed by atoms with van der Waals surface area (Å²) in [5, 5.41) is 7.88. The molecule has 0 aromatic heterocycles. The van der Waals surface area contributed by atoms with E-state index in [1.165, 1.54) is 0 Å². The average molecular weight is 517 g/mol. The van der Waals surface area contributed by atoms with Crippen molar-refractivity contribution in [3.8, 4) is 11.5 Å². The SMILES string of the molecule is CCCO.CCCOC.CCCOCCOCCOc1cc(OCCOCCC)cc(C(=O)CC)c1. The van der Waals surface area contributed by atoms with Crippen LogP contribution in [0, 0.1) is 0 Å². The number of Topliss-reactive ketones (excluding diaryl/α,β-unsaturated/α-hetero) is 1. The van der Waals surface area contributed by atoms with Crippen molar-refractivity contribution in [2.75, 3.05) is 73.2 Å². The lowest BCUT2D eigenvalue weighted by atomic mass is 10.1. The Morgan fingerprint density at radius 3 is 1.39 bits per heavy atom. The molecule has 1 aromatic carbocycles. The molecule has 212 valence electrons. The van der Waals surface area contributed by atoms with Gasteiger partial charge in [0.1, 0.15) is 24.7 Å². The first-order valence-electron chi connectivity index (χ1n) is 13.3. The Morgan fingerprint density at radius 1 is 0.639 bits per heavy atom. The summed E-state index contributed by atoms with van der Waals surface area (Å²) in [5.74, 6) is 1.26. The molecule has 0 aliphatic rings. The Hall–Kier alpha value is -1.71. The molecule has 0 heterocycles. The fourth-order valence-electron chi connectivity index (χ4n) is 2.46. The smallest absolute Gasteiger partial charge is 0.162 e. The van der Waals surface area contributed by atoms with Crippen molar-refractivity contribution in [1.82, 2.24) is 0 Å². The van der Waals surface area contributed by atoms with Crippen molar-refractivity contribution >= 4 is 5.78 Å². The zero-order valence-corrected chi connectivity index (χ0v) is 23.6. The minimum atomic E-state index is 0.0526. The van der Waals surface area contributed by atoms with Crippen LogP contribution in [0.3, 0.4) is 0 Å². The molecule has 0 atom stereocenters. The summed E-state index contributed by atoms with van der Waals surface area (Å²) >= 11 is 0. The van der Waals surface area contributed by atoms with Gasteiger partial charge in [-0.3, -0.25) is 4.79 Å². The number of benzene rings is 1. The van der Waals surface area contributed by atoms with E-state index in [-0.39, 0.29) is 5.78 Å². The molecule has 0 bridgehead atoms. The van der Waals surface area contributed by atoms with Crippen LogP contribution in [0.1, 0.15) is 77.1 Å². The van der Waals surface area contributed by atoms with E-state index in [0.29, 0.717) is 69.7 Å². The second-order valence-electron chi connectivity index (χ2n) is 7.72. The lowest BCUT2D eigenvalue weighted by molar-refractivity contribution is 0.0365. The zero-order valence-electron chi connectivity index (χ0n) is 23.6. The Kier molecular flexibility index (Phi) is 29.9. The highest BCUT2D eigenvalue weighted by Gasteiger charge is 2.09. The van der Waals surface area contributed by atoms with Gasteiger partial charge in [-0.2, -0.15) is 0 Å². The Labute approximate surface area is 219 Å². The van der Waals surface area contributed by atoms with Crippen molar-refractivity contribution in [3.05, 3.63) is 23.8 Å². The highest BCUT2D eigenvalue weighted by molar-refractivity contribution is 5.96. The predicted octanol–water partition coefficient (Wildman–Crippen LogP) is 5.34. The fourth-order valence-corrected chi connectivity index (χ4v) is 2.46. The normalized spacial score (nSPS) is 10.1. The summed E-state index contributed by atoms with van der Waals surface area (Å²) in [4.78, 5) is 12.1. The maximum Gasteiger partial charge on any atom is 0.162 e. The number of methoxy groups -OCH3 is 1. The van der Waals surface area contributed by atoms with Gasteiger partial charge in [-0.15, -0.1) is 0 Å². The van der Waals surface area contributed by atoms with Gasteiger partial charge in [0.05, 0.1) is 26.4 Å². The zero-order chi connectivity index (χ0) is 27.3. The van der Waals surface area contributed by atoms with Crippen molar-refractivity contribution < 1.29 is 38.3 Å². The van der Waals surface area contributed by atoms with Crippen LogP contribution in [0.2, 0.25) is 0 Å². The topological polar surface area (TPSA) is 92.7 Å². The maximum absolute atomic E-state index is 12.1. The minimum Gasteiger partial charge on any atom is -0.491 e. The van der Waals surface area contributed by atoms with E-state index in [1.807, 2.05) is 13.8 Å². The summed E-state index contributed by atoms with van der Waals surface area (Å²) in [7, 11) is 1.71. The lowest BCUT2D eigenvalue weighted by Gasteiger charge is -2.12. The third-order valence-electron chi connectivity index (χ3n) is 4.22. The Balaban J connectivity index is 0. The van der Waals surface area contributed by atoms with Crippen LogP contribution in [0.15, 0.2) is 18.2 Å². The van der Waals surface area contributed by atoms with Gasteiger partial charge in [-0.1, -0.05) is 34.6 Å². The molecule has 0 fully saturated rings. The third kappa shape index (κ3) is 24.0. The molecule has 0 spiro atoms. The average Bonchev–Trinajstić information content (AvgIpc) is 2.90. The molecule has 0 radical (unpaired) electrons. The summed E-state index contributed by atoms with van der Waals surface area (Å²) in [6.07, 6.45) is 4.41. The summed E-state index contributed by atoms with van der Waals surface area (Å²) < 4.78 is 32.4. The summed E-state index contributed by atoms with van der Waals surface area (Å²) in [5.41, 5.74) is 0.591. The molecule has 0 amide bonds. The van der Waals surface area contributed by atoms with Gasteiger partial charge >= 0.3 is 0 Å². The maximum atomic E-state index is 12.1. The van der Waals surface area contributed by atoms with Crippen LogP contribution in [-0.4, -0.2) is 84.1 Å². The van der Waals surface area contributed by atoms with Crippen LogP contribution >= 0.6 is 0 Å². The third-order valence-corrected chi connectivity index (χ3v) is 4.22. The summed E-state index contributed by atoms with van der Waals surface area (Å²) in [6.45, 7) is 15.6. The van der Waals surface area contributed by atoms with Crippen molar-refractivity contribution in [1.29, 1.82) is 0 Å². The quantitative estimate of drug-likeness (QED) is 0.183. The fraction of sp³-hybridized carbons (Fsp3) is 0.750. The molecule has 0 saturated carbocycles. The van der Waals surface area contributed by atoms with E-state index in [2.05, 4.69) is 20.8 Å². The number of ether oxygens (including phenoxy) is 6. The largest absolute Gasteiger partial charge is 0.491 e. The molecular weight excluding hydrogens is 464 g/mol. The van der Waals surface area contributed by atoms with Gasteiger partial charge < -0.3 is 33.5 Å². The first-order valence-corrected chi connectivity index (χ1v) is 13.3. The highest BCUT2D eigenvalue weighted by atomic mass is 16.5. The van der Waals surface area contributed by atoms with E-state index < -0.39 is 0 Å². The Morgan fingerprint density at radius 2 is 1.06 bits per heavy atom. The molecule has 36 heavy (non-hydrogen) atoms. The number of carbonyl (C=O) groups excluding carboxylic acids is 1. The van der Waals surface area contributed by atoms with Crippen LogP contribution in [0.5, 0.6) is 11.5 Å². The van der Waals surface area contributed by atoms with Crippen LogP contribution in [-0.2, 0) is 18.9 Å². The monoisotopic (exact) mass is 516 g/mol. The molecule has 0 aliphatic heterocycles. The number of hydrogen-bond acceptors (Lipinski definition) is 8. The molecule has 8 heteroatoms. The van der Waals surface area contributed by atoms with Gasteiger partial charge in [0.2, 0.25) is 0 Å². The van der Waals surface area contributed by atoms with Gasteiger partial charge in [-0.05, 0) is 37.8 Å². The number of aliphatic hydroxyl groups is 1. The molecule has 0 aliphatic carbocycles.